The van der Waals surface area contributed by atoms with Crippen LogP contribution in [-0.2, 0) is 0 Å². The van der Waals surface area contributed by atoms with Crippen LogP contribution in [0.25, 0.3) is 11.3 Å². The molecule has 1 saturated heterocycles. The smallest absolute Gasteiger partial charge is 0.257 e. The molecule has 5 nitrogen and oxygen atoms in total. The lowest BCUT2D eigenvalue weighted by Gasteiger charge is -2.12. The highest BCUT2D eigenvalue weighted by Crippen LogP contribution is 2.36. The van der Waals surface area contributed by atoms with Gasteiger partial charge in [0.25, 0.3) is 5.91 Å². The van der Waals surface area contributed by atoms with Gasteiger partial charge in [-0.25, -0.2) is 0 Å². The van der Waals surface area contributed by atoms with E-state index in [-0.39, 0.29) is 5.91 Å². The lowest BCUT2D eigenvalue weighted by atomic mass is 10.1. The summed E-state index contributed by atoms with van der Waals surface area (Å²) in [7, 11) is 0. The van der Waals surface area contributed by atoms with E-state index in [1.165, 1.54) is 0 Å². The van der Waals surface area contributed by atoms with Gasteiger partial charge < -0.3 is 15.2 Å². The molecule has 7 heteroatoms. The van der Waals surface area contributed by atoms with Crippen LogP contribution in [0, 0.1) is 6.92 Å². The van der Waals surface area contributed by atoms with Gasteiger partial charge in [0.15, 0.2) is 0 Å². The van der Waals surface area contributed by atoms with Crippen LogP contribution in [0.5, 0.6) is 0 Å². The predicted molar refractivity (Wildman–Crippen MR) is 90.1 cm³/mol. The zero-order chi connectivity index (χ0) is 16.4. The predicted octanol–water partition coefficient (Wildman–Crippen LogP) is 3.44. The summed E-state index contributed by atoms with van der Waals surface area (Å²) in [6.07, 6.45) is 2.19. The van der Waals surface area contributed by atoms with Crippen LogP contribution >= 0.6 is 23.2 Å². The largest absolute Gasteiger partial charge is 0.360 e. The molecule has 1 unspecified atom stereocenters. The fraction of sp³-hybridized carbons (Fsp3) is 0.375. The first kappa shape index (κ1) is 16.3. The highest BCUT2D eigenvalue weighted by molar-refractivity contribution is 6.39. The second-order valence-electron chi connectivity index (χ2n) is 5.56. The average Bonchev–Trinajstić information content (AvgIpc) is 3.15. The van der Waals surface area contributed by atoms with E-state index in [0.29, 0.717) is 45.2 Å². The van der Waals surface area contributed by atoms with Crippen LogP contribution in [0.4, 0.5) is 0 Å². The molecule has 1 aliphatic heterocycles. The van der Waals surface area contributed by atoms with Gasteiger partial charge in [-0.1, -0.05) is 34.4 Å². The van der Waals surface area contributed by atoms with Crippen molar-refractivity contribution in [1.29, 1.82) is 0 Å². The Kier molecular flexibility index (Phi) is 4.90. The fourth-order valence-corrected chi connectivity index (χ4v) is 3.35. The van der Waals surface area contributed by atoms with Crippen LogP contribution in [0.1, 0.15) is 29.0 Å². The second kappa shape index (κ2) is 6.91. The second-order valence-corrected chi connectivity index (χ2v) is 6.38. The summed E-state index contributed by atoms with van der Waals surface area (Å²) in [5, 5.41) is 11.1. The zero-order valence-corrected chi connectivity index (χ0v) is 14.2. The topological polar surface area (TPSA) is 67.2 Å². The number of hydrogen-bond acceptors (Lipinski definition) is 4. The van der Waals surface area contributed by atoms with Crippen LogP contribution in [0.15, 0.2) is 22.7 Å². The third-order valence-electron chi connectivity index (χ3n) is 3.96. The number of hydrogen-bond donors (Lipinski definition) is 2. The highest BCUT2D eigenvalue weighted by Gasteiger charge is 2.25. The van der Waals surface area contributed by atoms with Crippen LogP contribution < -0.4 is 10.6 Å². The summed E-state index contributed by atoms with van der Waals surface area (Å²) in [6, 6.07) is 5.46. The molecule has 3 rings (SSSR count). The van der Waals surface area contributed by atoms with Crippen LogP contribution in [0.2, 0.25) is 10.0 Å². The van der Waals surface area contributed by atoms with Gasteiger partial charge in [-0.3, -0.25) is 4.79 Å². The van der Waals surface area contributed by atoms with Crippen molar-refractivity contribution in [2.45, 2.75) is 25.8 Å². The Hall–Kier alpha value is -1.56. The van der Waals surface area contributed by atoms with E-state index in [2.05, 4.69) is 15.8 Å². The van der Waals surface area contributed by atoms with Gasteiger partial charge in [0.2, 0.25) is 0 Å². The lowest BCUT2D eigenvalue weighted by molar-refractivity contribution is 0.0949. The van der Waals surface area contributed by atoms with E-state index in [1.807, 2.05) is 0 Å². The zero-order valence-electron chi connectivity index (χ0n) is 12.7. The number of halogens is 2. The molecule has 0 radical (unpaired) electrons. The fourth-order valence-electron chi connectivity index (χ4n) is 2.77. The Morgan fingerprint density at radius 1 is 1.43 bits per heavy atom. The Bertz CT molecular complexity index is 704. The van der Waals surface area contributed by atoms with E-state index in [1.54, 1.807) is 25.1 Å². The van der Waals surface area contributed by atoms with Crippen molar-refractivity contribution in [2.24, 2.45) is 0 Å². The molecule has 0 spiro atoms. The van der Waals surface area contributed by atoms with Crippen molar-refractivity contribution in [3.63, 3.8) is 0 Å². The molecule has 1 aromatic heterocycles. The van der Waals surface area contributed by atoms with Gasteiger partial charge >= 0.3 is 0 Å². The molecule has 2 aromatic rings. The third kappa shape index (κ3) is 3.37. The lowest BCUT2D eigenvalue weighted by Crippen LogP contribution is -2.37. The van der Waals surface area contributed by atoms with Crippen molar-refractivity contribution >= 4 is 29.1 Å². The quantitative estimate of drug-likeness (QED) is 0.883. The van der Waals surface area contributed by atoms with Crippen LogP contribution in [0.3, 0.4) is 0 Å². The summed E-state index contributed by atoms with van der Waals surface area (Å²) in [6.45, 7) is 3.26. The van der Waals surface area contributed by atoms with Crippen molar-refractivity contribution in [2.75, 3.05) is 13.1 Å². The number of amides is 1. The van der Waals surface area contributed by atoms with Gasteiger partial charge in [-0.2, -0.15) is 0 Å². The van der Waals surface area contributed by atoms with E-state index in [4.69, 9.17) is 27.7 Å². The monoisotopic (exact) mass is 353 g/mol. The van der Waals surface area contributed by atoms with Crippen molar-refractivity contribution in [3.8, 4) is 11.3 Å². The molecular formula is C16H17Cl2N3O2. The number of benzene rings is 1. The van der Waals surface area contributed by atoms with E-state index >= 15 is 0 Å². The van der Waals surface area contributed by atoms with Gasteiger partial charge in [0.1, 0.15) is 17.0 Å². The minimum atomic E-state index is -0.233. The number of aromatic nitrogens is 1. The molecule has 1 aromatic carbocycles. The van der Waals surface area contributed by atoms with Gasteiger partial charge in [-0.15, -0.1) is 0 Å². The first-order valence-electron chi connectivity index (χ1n) is 7.50. The van der Waals surface area contributed by atoms with Crippen LogP contribution in [-0.4, -0.2) is 30.2 Å². The molecule has 122 valence electrons. The normalized spacial score (nSPS) is 17.4. The maximum atomic E-state index is 12.6. The minimum absolute atomic E-state index is 0.233. The summed E-state index contributed by atoms with van der Waals surface area (Å²) in [5.74, 6) is 0.205. The van der Waals surface area contributed by atoms with E-state index < -0.39 is 0 Å². The molecular weight excluding hydrogens is 337 g/mol. The minimum Gasteiger partial charge on any atom is -0.360 e. The number of nitrogens with one attached hydrogen (secondary N) is 2. The Morgan fingerprint density at radius 2 is 2.17 bits per heavy atom. The first-order chi connectivity index (χ1) is 11.1. The Balaban J connectivity index is 1.88. The highest BCUT2D eigenvalue weighted by atomic mass is 35.5. The molecule has 0 bridgehead atoms. The van der Waals surface area contributed by atoms with Crippen molar-refractivity contribution in [3.05, 3.63) is 39.6 Å². The Labute approximate surface area is 144 Å². The summed E-state index contributed by atoms with van der Waals surface area (Å²) >= 11 is 12.4. The molecule has 1 fully saturated rings. The summed E-state index contributed by atoms with van der Waals surface area (Å²) in [5.41, 5.74) is 1.25. The first-order valence-corrected chi connectivity index (χ1v) is 8.25. The molecule has 23 heavy (non-hydrogen) atoms. The number of carbonyl (C=O) groups excluding carboxylic acids is 1. The number of carbonyl (C=O) groups is 1. The molecule has 1 amide bonds. The molecule has 1 atom stereocenters. The molecule has 2 N–H and O–H groups in total. The SMILES string of the molecule is Cc1onc(-c2c(Cl)cccc2Cl)c1C(=O)NCC1CCCN1. The third-order valence-corrected chi connectivity index (χ3v) is 4.59. The van der Waals surface area contributed by atoms with Gasteiger partial charge in [0.05, 0.1) is 10.0 Å². The molecule has 2 heterocycles. The summed E-state index contributed by atoms with van der Waals surface area (Å²) < 4.78 is 5.21. The molecule has 0 saturated carbocycles. The van der Waals surface area contributed by atoms with E-state index in [0.717, 1.165) is 19.4 Å². The number of aryl methyl sites for hydroxylation is 1. The van der Waals surface area contributed by atoms with E-state index in [9.17, 15) is 4.79 Å². The number of nitrogens with zero attached hydrogens (tertiary/aromatic N) is 1. The maximum absolute atomic E-state index is 12.6. The maximum Gasteiger partial charge on any atom is 0.257 e. The Morgan fingerprint density at radius 3 is 2.83 bits per heavy atom. The van der Waals surface area contributed by atoms with Crippen molar-refractivity contribution in [1.82, 2.24) is 15.8 Å². The van der Waals surface area contributed by atoms with Gasteiger partial charge in [0, 0.05) is 18.2 Å². The van der Waals surface area contributed by atoms with Crippen molar-refractivity contribution < 1.29 is 9.32 Å². The van der Waals surface area contributed by atoms with Gasteiger partial charge in [-0.05, 0) is 38.4 Å². The summed E-state index contributed by atoms with van der Waals surface area (Å²) in [4.78, 5) is 12.6. The molecule has 1 aliphatic rings. The molecule has 0 aliphatic carbocycles. The number of rotatable bonds is 4. The average molecular weight is 354 g/mol. The standard InChI is InChI=1S/C16H17Cl2N3O2/c1-9-13(16(22)20-8-10-4-3-7-19-10)15(21-23-9)14-11(17)5-2-6-12(14)18/h2,5-6,10,19H,3-4,7-8H2,1H3,(H,20,22).